The Balaban J connectivity index is 1.30. The van der Waals surface area contributed by atoms with E-state index in [1.807, 2.05) is 44.5 Å². The van der Waals surface area contributed by atoms with Gasteiger partial charge in [-0.05, 0) is 88.5 Å². The van der Waals surface area contributed by atoms with Crippen molar-refractivity contribution in [2.75, 3.05) is 39.1 Å². The van der Waals surface area contributed by atoms with Gasteiger partial charge in [0.05, 0.1) is 28.7 Å². The number of halogens is 1. The summed E-state index contributed by atoms with van der Waals surface area (Å²) in [6.07, 6.45) is 4.71. The number of hydrogen-bond acceptors (Lipinski definition) is 6. The molecule has 2 amide bonds. The van der Waals surface area contributed by atoms with E-state index in [1.54, 1.807) is 56.6 Å². The number of amides is 2. The Morgan fingerprint density at radius 2 is 1.68 bits per heavy atom. The van der Waals surface area contributed by atoms with Gasteiger partial charge in [-0.3, -0.25) is 19.6 Å². The van der Waals surface area contributed by atoms with Gasteiger partial charge in [-0.1, -0.05) is 12.1 Å². The molecule has 3 aromatic heterocycles. The summed E-state index contributed by atoms with van der Waals surface area (Å²) in [5, 5.41) is 0.438. The lowest BCUT2D eigenvalue weighted by atomic mass is 9.89. The lowest BCUT2D eigenvalue weighted by Crippen LogP contribution is -2.34. The van der Waals surface area contributed by atoms with E-state index in [2.05, 4.69) is 27.0 Å². The van der Waals surface area contributed by atoms with Gasteiger partial charge >= 0.3 is 6.09 Å². The van der Waals surface area contributed by atoms with Crippen LogP contribution in [0.4, 0.5) is 14.9 Å². The summed E-state index contributed by atoms with van der Waals surface area (Å²) in [5.74, 6) is 0.119. The molecule has 0 N–H and O–H groups in total. The first-order valence-corrected chi connectivity index (χ1v) is 14.9. The SMILES string of the molecule is CN(C)C(=O)c1ccc(C2CCN(Cc3c(F)c4c(-c5ccc(N(C)C(=O)OC(C)(C)C)cn5)ccnc4n3C)CC2)cc1. The van der Waals surface area contributed by atoms with Crippen molar-refractivity contribution in [3.63, 3.8) is 0 Å². The molecule has 1 aromatic carbocycles. The van der Waals surface area contributed by atoms with Crippen molar-refractivity contribution in [2.45, 2.75) is 51.7 Å². The van der Waals surface area contributed by atoms with Crippen molar-refractivity contribution in [3.05, 3.63) is 77.5 Å². The van der Waals surface area contributed by atoms with Gasteiger partial charge < -0.3 is 14.2 Å². The van der Waals surface area contributed by atoms with Crippen LogP contribution in [0.3, 0.4) is 0 Å². The Labute approximate surface area is 258 Å². The molecule has 44 heavy (non-hydrogen) atoms. The second-order valence-corrected chi connectivity index (χ2v) is 12.7. The maximum Gasteiger partial charge on any atom is 0.414 e. The highest BCUT2D eigenvalue weighted by Crippen LogP contribution is 2.34. The highest BCUT2D eigenvalue weighted by molar-refractivity contribution is 5.94. The van der Waals surface area contributed by atoms with Crippen molar-refractivity contribution in [3.8, 4) is 11.3 Å². The number of aromatic nitrogens is 3. The number of fused-ring (bicyclic) bond motifs is 1. The van der Waals surface area contributed by atoms with Crippen LogP contribution in [0.25, 0.3) is 22.3 Å². The summed E-state index contributed by atoms with van der Waals surface area (Å²) in [5.41, 5.74) is 4.28. The molecule has 9 nitrogen and oxygen atoms in total. The number of likely N-dealkylation sites (tertiary alicyclic amines) is 1. The molecule has 0 bridgehead atoms. The highest BCUT2D eigenvalue weighted by Gasteiger charge is 2.26. The van der Waals surface area contributed by atoms with E-state index in [0.717, 1.165) is 25.9 Å². The van der Waals surface area contributed by atoms with E-state index in [4.69, 9.17) is 4.74 Å². The second kappa shape index (κ2) is 12.4. The molecule has 0 spiro atoms. The van der Waals surface area contributed by atoms with Gasteiger partial charge in [0.25, 0.3) is 5.91 Å². The number of carbonyl (C=O) groups is 2. The monoisotopic (exact) mass is 600 g/mol. The van der Waals surface area contributed by atoms with Crippen LogP contribution in [0.15, 0.2) is 54.9 Å². The molecule has 0 atom stereocenters. The molecule has 4 aromatic rings. The van der Waals surface area contributed by atoms with Gasteiger partial charge in [-0.2, -0.15) is 0 Å². The van der Waals surface area contributed by atoms with Crippen LogP contribution in [0.5, 0.6) is 0 Å². The van der Waals surface area contributed by atoms with Crippen molar-refractivity contribution >= 4 is 28.7 Å². The number of piperidine rings is 1. The number of pyridine rings is 2. The Hall–Kier alpha value is -4.31. The van der Waals surface area contributed by atoms with Crippen LogP contribution in [0, 0.1) is 5.82 Å². The molecular weight excluding hydrogens is 559 g/mol. The van der Waals surface area contributed by atoms with Gasteiger partial charge in [-0.15, -0.1) is 0 Å². The average Bonchev–Trinajstić information content (AvgIpc) is 3.25. The molecule has 0 radical (unpaired) electrons. The maximum atomic E-state index is 16.1. The highest BCUT2D eigenvalue weighted by atomic mass is 19.1. The summed E-state index contributed by atoms with van der Waals surface area (Å²) < 4.78 is 23.4. The molecule has 1 aliphatic rings. The van der Waals surface area contributed by atoms with Crippen LogP contribution in [-0.2, 0) is 18.3 Å². The molecule has 1 fully saturated rings. The predicted molar refractivity (Wildman–Crippen MR) is 170 cm³/mol. The lowest BCUT2D eigenvalue weighted by molar-refractivity contribution is 0.0589. The minimum Gasteiger partial charge on any atom is -0.443 e. The van der Waals surface area contributed by atoms with Crippen molar-refractivity contribution in [1.29, 1.82) is 0 Å². The molecule has 10 heteroatoms. The maximum absolute atomic E-state index is 16.1. The molecule has 0 unspecified atom stereocenters. The Bertz CT molecular complexity index is 1650. The van der Waals surface area contributed by atoms with Gasteiger partial charge in [0.2, 0.25) is 0 Å². The molecule has 1 aliphatic heterocycles. The zero-order valence-corrected chi connectivity index (χ0v) is 26.6. The van der Waals surface area contributed by atoms with Gasteiger partial charge in [-0.25, -0.2) is 14.2 Å². The van der Waals surface area contributed by atoms with Crippen molar-refractivity contribution < 1.29 is 18.7 Å². The van der Waals surface area contributed by atoms with Crippen molar-refractivity contribution in [2.24, 2.45) is 7.05 Å². The second-order valence-electron chi connectivity index (χ2n) is 12.7. The van der Waals surface area contributed by atoms with Crippen LogP contribution in [-0.4, -0.2) is 76.2 Å². The molecular formula is C34H41FN6O3. The first-order chi connectivity index (χ1) is 20.8. The van der Waals surface area contributed by atoms with Crippen LogP contribution >= 0.6 is 0 Å². The molecule has 0 aliphatic carbocycles. The van der Waals surface area contributed by atoms with Crippen LogP contribution in [0.2, 0.25) is 0 Å². The Kier molecular flexibility index (Phi) is 8.74. The largest absolute Gasteiger partial charge is 0.443 e. The normalized spacial score (nSPS) is 14.5. The first-order valence-electron chi connectivity index (χ1n) is 14.9. The van der Waals surface area contributed by atoms with E-state index >= 15 is 4.39 Å². The molecule has 5 rings (SSSR count). The minimum absolute atomic E-state index is 0.000376. The number of benzene rings is 1. The molecule has 232 valence electrons. The fourth-order valence-electron chi connectivity index (χ4n) is 5.70. The van der Waals surface area contributed by atoms with Gasteiger partial charge in [0, 0.05) is 52.1 Å². The number of hydrogen-bond donors (Lipinski definition) is 0. The zero-order valence-electron chi connectivity index (χ0n) is 26.6. The van der Waals surface area contributed by atoms with Gasteiger partial charge in [0.15, 0.2) is 5.82 Å². The standard InChI is InChI=1S/C34H41FN6O3/c1-34(2,3)44-33(43)39(6)25-12-13-27(37-20-25)26-14-17-36-31-29(26)30(35)28(40(31)7)21-41-18-15-23(16-19-41)22-8-10-24(11-9-22)32(42)38(4)5/h8-14,17,20,23H,15-16,18-19,21H2,1-7H3. The van der Waals surface area contributed by atoms with Crippen LogP contribution < -0.4 is 4.90 Å². The smallest absolute Gasteiger partial charge is 0.414 e. The number of anilines is 1. The van der Waals surface area contributed by atoms with E-state index in [-0.39, 0.29) is 11.7 Å². The fourth-order valence-corrected chi connectivity index (χ4v) is 5.70. The van der Waals surface area contributed by atoms with E-state index in [0.29, 0.717) is 51.7 Å². The van der Waals surface area contributed by atoms with Gasteiger partial charge in [0.1, 0.15) is 11.2 Å². The Morgan fingerprint density at radius 3 is 2.27 bits per heavy atom. The average molecular weight is 601 g/mol. The minimum atomic E-state index is -0.611. The number of rotatable bonds is 6. The fraction of sp³-hybridized carbons (Fsp3) is 0.412. The van der Waals surface area contributed by atoms with E-state index < -0.39 is 11.7 Å². The molecule has 4 heterocycles. The van der Waals surface area contributed by atoms with Crippen molar-refractivity contribution in [1.82, 2.24) is 24.3 Å². The summed E-state index contributed by atoms with van der Waals surface area (Å²) in [6.45, 7) is 7.62. The summed E-state index contributed by atoms with van der Waals surface area (Å²) >= 11 is 0. The summed E-state index contributed by atoms with van der Waals surface area (Å²) in [7, 11) is 6.99. The van der Waals surface area contributed by atoms with E-state index in [9.17, 15) is 9.59 Å². The third-order valence-corrected chi connectivity index (χ3v) is 8.20. The third kappa shape index (κ3) is 6.45. The predicted octanol–water partition coefficient (Wildman–Crippen LogP) is 6.23. The third-order valence-electron chi connectivity index (χ3n) is 8.20. The quantitative estimate of drug-likeness (QED) is 0.261. The number of ether oxygens (including phenoxy) is 1. The summed E-state index contributed by atoms with van der Waals surface area (Å²) in [4.78, 5) is 39.1. The summed E-state index contributed by atoms with van der Waals surface area (Å²) in [6, 6.07) is 13.3. The first kappa shape index (κ1) is 31.1. The number of carbonyl (C=O) groups excluding carboxylic acids is 2. The topological polar surface area (TPSA) is 83.8 Å². The zero-order chi connectivity index (χ0) is 31.8. The van der Waals surface area contributed by atoms with Crippen LogP contribution in [0.1, 0.15) is 61.1 Å². The Morgan fingerprint density at radius 1 is 1.00 bits per heavy atom. The van der Waals surface area contributed by atoms with E-state index in [1.165, 1.54) is 10.5 Å². The lowest BCUT2D eigenvalue weighted by Gasteiger charge is -2.32. The molecule has 0 saturated carbocycles. The number of nitrogens with zero attached hydrogens (tertiary/aromatic N) is 6. The number of aryl methyl sites for hydroxylation is 1. The molecule has 1 saturated heterocycles.